The lowest BCUT2D eigenvalue weighted by Crippen LogP contribution is -2.17. The first kappa shape index (κ1) is 15.0. The summed E-state index contributed by atoms with van der Waals surface area (Å²) in [5, 5.41) is 9.32. The van der Waals surface area contributed by atoms with Crippen molar-refractivity contribution >= 4 is 17.6 Å². The highest BCUT2D eigenvalue weighted by Crippen LogP contribution is 2.22. The van der Waals surface area contributed by atoms with Gasteiger partial charge < -0.3 is 9.30 Å². The average molecular weight is 320 g/mol. The molecule has 5 nitrogen and oxygen atoms in total. The Morgan fingerprint density at radius 3 is 2.82 bits per heavy atom. The van der Waals surface area contributed by atoms with Gasteiger partial charge in [0.25, 0.3) is 0 Å². The minimum Gasteiger partial charge on any atom is -0.469 e. The van der Waals surface area contributed by atoms with E-state index in [1.807, 2.05) is 24.3 Å². The third kappa shape index (κ3) is 3.14. The summed E-state index contributed by atoms with van der Waals surface area (Å²) in [4.78, 5) is 11.7. The van der Waals surface area contributed by atoms with Crippen LogP contribution in [0.5, 0.6) is 0 Å². The molecule has 0 radical (unpaired) electrons. The van der Waals surface area contributed by atoms with Crippen LogP contribution in [-0.4, -0.2) is 27.8 Å². The van der Waals surface area contributed by atoms with Crippen LogP contribution in [0.1, 0.15) is 30.1 Å². The van der Waals surface area contributed by atoms with Crippen LogP contribution in [0, 0.1) is 5.92 Å². The zero-order chi connectivity index (χ0) is 15.5. The maximum atomic E-state index is 11.7. The van der Waals surface area contributed by atoms with Crippen molar-refractivity contribution in [3.8, 4) is 0 Å². The van der Waals surface area contributed by atoms with Crippen molar-refractivity contribution in [1.29, 1.82) is 0 Å². The van der Waals surface area contributed by atoms with E-state index in [1.54, 1.807) is 0 Å². The number of esters is 1. The maximum Gasteiger partial charge on any atom is 0.308 e. The summed E-state index contributed by atoms with van der Waals surface area (Å²) in [5.74, 6) is 1.71. The minimum absolute atomic E-state index is 0.0462. The number of carbonyl (C=O) groups excluding carboxylic acids is 1. The third-order valence-corrected chi connectivity index (χ3v) is 4.38. The maximum absolute atomic E-state index is 11.7. The van der Waals surface area contributed by atoms with E-state index in [0.29, 0.717) is 6.42 Å². The number of hydrogen-bond donors (Lipinski definition) is 0. The zero-order valence-corrected chi connectivity index (χ0v) is 13.2. The van der Waals surface area contributed by atoms with Gasteiger partial charge in [-0.25, -0.2) is 0 Å². The Hall–Kier alpha value is -1.88. The second-order valence-electron chi connectivity index (χ2n) is 5.53. The molecule has 0 N–H and O–H groups in total. The molecule has 0 bridgehead atoms. The second-order valence-corrected chi connectivity index (χ2v) is 5.97. The van der Waals surface area contributed by atoms with E-state index in [4.69, 9.17) is 16.3 Å². The average Bonchev–Trinajstić information content (AvgIpc) is 2.78. The number of aromatic nitrogens is 3. The number of rotatable bonds is 3. The van der Waals surface area contributed by atoms with Crippen LogP contribution < -0.4 is 0 Å². The topological polar surface area (TPSA) is 57.0 Å². The first-order valence-electron chi connectivity index (χ1n) is 7.40. The Morgan fingerprint density at radius 2 is 2.09 bits per heavy atom. The Balaban J connectivity index is 1.76. The van der Waals surface area contributed by atoms with E-state index in [2.05, 4.69) is 14.8 Å². The molecule has 22 heavy (non-hydrogen) atoms. The van der Waals surface area contributed by atoms with Crippen molar-refractivity contribution in [3.63, 3.8) is 0 Å². The van der Waals surface area contributed by atoms with Crippen LogP contribution in [0.25, 0.3) is 0 Å². The summed E-state index contributed by atoms with van der Waals surface area (Å²) in [6, 6.07) is 7.75. The molecule has 2 aromatic rings. The molecule has 1 unspecified atom stereocenters. The number of hydrogen-bond acceptors (Lipinski definition) is 4. The Bertz CT molecular complexity index is 667. The zero-order valence-electron chi connectivity index (χ0n) is 12.5. The van der Waals surface area contributed by atoms with Crippen LogP contribution in [0.4, 0.5) is 0 Å². The van der Waals surface area contributed by atoms with Crippen LogP contribution in [0.15, 0.2) is 24.3 Å². The number of halogens is 1. The smallest absolute Gasteiger partial charge is 0.308 e. The molecule has 0 spiro atoms. The molecule has 1 aliphatic heterocycles. The fourth-order valence-corrected chi connectivity index (χ4v) is 2.99. The van der Waals surface area contributed by atoms with Gasteiger partial charge in [0.1, 0.15) is 11.6 Å². The molecule has 1 aliphatic rings. The summed E-state index contributed by atoms with van der Waals surface area (Å²) in [6.45, 7) is 0.755. The number of ether oxygens (including phenoxy) is 1. The molecule has 1 aromatic carbocycles. The van der Waals surface area contributed by atoms with Crippen LogP contribution in [0.3, 0.4) is 0 Å². The first-order valence-corrected chi connectivity index (χ1v) is 7.78. The number of nitrogens with zero attached hydrogens (tertiary/aromatic N) is 3. The summed E-state index contributed by atoms with van der Waals surface area (Å²) < 4.78 is 7.00. The summed E-state index contributed by atoms with van der Waals surface area (Å²) >= 11 is 5.91. The SMILES string of the molecule is COC(=O)C1CCc2nnc(Cc3ccc(Cl)cc3)n2CC1. The Labute approximate surface area is 134 Å². The number of carbonyl (C=O) groups is 1. The third-order valence-electron chi connectivity index (χ3n) is 4.13. The van der Waals surface area contributed by atoms with E-state index in [-0.39, 0.29) is 11.9 Å². The monoisotopic (exact) mass is 319 g/mol. The van der Waals surface area contributed by atoms with Crippen molar-refractivity contribution in [1.82, 2.24) is 14.8 Å². The summed E-state index contributed by atoms with van der Waals surface area (Å²) in [5.41, 5.74) is 1.15. The summed E-state index contributed by atoms with van der Waals surface area (Å²) in [7, 11) is 1.44. The lowest BCUT2D eigenvalue weighted by molar-refractivity contribution is -0.145. The molecular formula is C16H18ClN3O2. The molecule has 6 heteroatoms. The summed E-state index contributed by atoms with van der Waals surface area (Å²) in [6.07, 6.45) is 3.01. The highest BCUT2D eigenvalue weighted by Gasteiger charge is 2.25. The number of methoxy groups -OCH3 is 1. The Kier molecular flexibility index (Phi) is 4.43. The van der Waals surface area contributed by atoms with Gasteiger partial charge in [-0.05, 0) is 30.5 Å². The van der Waals surface area contributed by atoms with Gasteiger partial charge in [0.15, 0.2) is 0 Å². The molecule has 0 fully saturated rings. The van der Waals surface area contributed by atoms with E-state index in [9.17, 15) is 4.79 Å². The molecule has 2 heterocycles. The molecule has 0 saturated heterocycles. The second kappa shape index (κ2) is 6.48. The standard InChI is InChI=1S/C16H18ClN3O2/c1-22-16(21)12-4-7-14-18-19-15(20(14)9-8-12)10-11-2-5-13(17)6-3-11/h2-3,5-6,12H,4,7-10H2,1H3. The molecule has 0 aliphatic carbocycles. The van der Waals surface area contributed by atoms with E-state index in [1.165, 1.54) is 7.11 Å². The van der Waals surface area contributed by atoms with Crippen molar-refractivity contribution in [2.45, 2.75) is 32.2 Å². The molecule has 0 saturated carbocycles. The minimum atomic E-state index is -0.127. The molecule has 3 rings (SSSR count). The van der Waals surface area contributed by atoms with Gasteiger partial charge in [-0.1, -0.05) is 23.7 Å². The van der Waals surface area contributed by atoms with E-state index < -0.39 is 0 Å². The van der Waals surface area contributed by atoms with Gasteiger partial charge in [0.2, 0.25) is 0 Å². The fraction of sp³-hybridized carbons (Fsp3) is 0.438. The van der Waals surface area contributed by atoms with Crippen molar-refractivity contribution in [2.24, 2.45) is 5.92 Å². The van der Waals surface area contributed by atoms with Gasteiger partial charge in [0.05, 0.1) is 13.0 Å². The molecule has 1 aromatic heterocycles. The van der Waals surface area contributed by atoms with Gasteiger partial charge in [-0.15, -0.1) is 10.2 Å². The van der Waals surface area contributed by atoms with Crippen LogP contribution in [-0.2, 0) is 28.9 Å². The van der Waals surface area contributed by atoms with E-state index >= 15 is 0 Å². The predicted octanol–water partition coefficient (Wildman–Crippen LogP) is 2.65. The molecule has 116 valence electrons. The van der Waals surface area contributed by atoms with Gasteiger partial charge in [0, 0.05) is 24.4 Å². The van der Waals surface area contributed by atoms with E-state index in [0.717, 1.165) is 48.0 Å². The largest absolute Gasteiger partial charge is 0.469 e. The number of fused-ring (bicyclic) bond motifs is 1. The highest BCUT2D eigenvalue weighted by atomic mass is 35.5. The van der Waals surface area contributed by atoms with Crippen molar-refractivity contribution in [3.05, 3.63) is 46.5 Å². The fourth-order valence-electron chi connectivity index (χ4n) is 2.87. The van der Waals surface area contributed by atoms with Gasteiger partial charge in [-0.2, -0.15) is 0 Å². The number of benzene rings is 1. The van der Waals surface area contributed by atoms with Crippen LogP contribution in [0.2, 0.25) is 5.02 Å². The van der Waals surface area contributed by atoms with Gasteiger partial charge in [-0.3, -0.25) is 4.79 Å². The lowest BCUT2D eigenvalue weighted by atomic mass is 10.0. The highest BCUT2D eigenvalue weighted by molar-refractivity contribution is 6.30. The Morgan fingerprint density at radius 1 is 1.32 bits per heavy atom. The van der Waals surface area contributed by atoms with Crippen LogP contribution >= 0.6 is 11.6 Å². The number of aryl methyl sites for hydroxylation is 1. The lowest BCUT2D eigenvalue weighted by Gasteiger charge is -2.11. The molecular weight excluding hydrogens is 302 g/mol. The quantitative estimate of drug-likeness (QED) is 0.816. The van der Waals surface area contributed by atoms with Crippen molar-refractivity contribution in [2.75, 3.05) is 7.11 Å². The first-order chi connectivity index (χ1) is 10.7. The molecule has 0 amide bonds. The predicted molar refractivity (Wildman–Crippen MR) is 82.7 cm³/mol. The van der Waals surface area contributed by atoms with Crippen molar-refractivity contribution < 1.29 is 9.53 Å². The van der Waals surface area contributed by atoms with Gasteiger partial charge >= 0.3 is 5.97 Å². The molecule has 1 atom stereocenters. The normalized spacial score (nSPS) is 17.6.